The zero-order chi connectivity index (χ0) is 36.0. The van der Waals surface area contributed by atoms with Gasteiger partial charge in [-0.25, -0.2) is 0 Å². The maximum atomic E-state index is 12.3. The lowest BCUT2D eigenvalue weighted by atomic mass is 9.84. The number of carbonyl (C=O) groups excluding carboxylic acids is 2. The molecule has 0 radical (unpaired) electrons. The standard InChI is InChI=1S/C38H52N4O10/c1-3-5-7-27-30-31(50-37(49-30)11-9-26(43)10-12-37)28(8-6-4-2)33-32(27)51-38(52-33)15-13-35(14-16-38)45-22-34(23-46-35)24-47-36(48-25-34)17-19-42(20-18-36)29(44)21-40-41-39/h3-25H2,1-2H3. The van der Waals surface area contributed by atoms with Crippen molar-refractivity contribution in [1.82, 2.24) is 4.90 Å². The highest BCUT2D eigenvalue weighted by Crippen LogP contribution is 2.61. The van der Waals surface area contributed by atoms with E-state index in [1.54, 1.807) is 4.90 Å². The third-order valence-corrected chi connectivity index (χ3v) is 12.3. The Hall–Kier alpha value is -3.29. The normalized spacial score (nSPS) is 25.6. The van der Waals surface area contributed by atoms with Crippen LogP contribution < -0.4 is 18.9 Å². The number of carbonyl (C=O) groups is 2. The molecule has 1 aromatic rings. The summed E-state index contributed by atoms with van der Waals surface area (Å²) in [7, 11) is 0. The van der Waals surface area contributed by atoms with Gasteiger partial charge in [-0.3, -0.25) is 9.59 Å². The summed E-state index contributed by atoms with van der Waals surface area (Å²) in [4.78, 5) is 28.8. The maximum Gasteiger partial charge on any atom is 0.252 e. The van der Waals surface area contributed by atoms with Gasteiger partial charge in [0.1, 0.15) is 12.3 Å². The van der Waals surface area contributed by atoms with E-state index in [2.05, 4.69) is 23.9 Å². The lowest BCUT2D eigenvalue weighted by Crippen LogP contribution is -2.62. The van der Waals surface area contributed by atoms with E-state index in [-0.39, 0.29) is 18.2 Å². The molecule has 0 atom stereocenters. The minimum absolute atomic E-state index is 0.172. The maximum absolute atomic E-state index is 12.3. The van der Waals surface area contributed by atoms with Crippen molar-refractivity contribution in [2.24, 2.45) is 10.5 Å². The number of rotatable bonds is 8. The van der Waals surface area contributed by atoms with Gasteiger partial charge in [0.2, 0.25) is 5.91 Å². The van der Waals surface area contributed by atoms with Crippen molar-refractivity contribution in [2.75, 3.05) is 46.1 Å². The van der Waals surface area contributed by atoms with E-state index in [1.807, 2.05) is 0 Å². The minimum Gasteiger partial charge on any atom is -0.448 e. The molecule has 14 nitrogen and oxygen atoms in total. The number of ether oxygens (including phenoxy) is 8. The van der Waals surface area contributed by atoms with Crippen LogP contribution in [0.2, 0.25) is 0 Å². The number of ketones is 1. The summed E-state index contributed by atoms with van der Waals surface area (Å²) in [6.07, 6.45) is 11.3. The Bertz CT molecular complexity index is 1530. The number of likely N-dealkylation sites (tertiary alicyclic amines) is 1. The predicted octanol–water partition coefficient (Wildman–Crippen LogP) is 6.43. The number of amides is 1. The van der Waals surface area contributed by atoms with Crippen LogP contribution in [0.4, 0.5) is 0 Å². The van der Waals surface area contributed by atoms with Crippen molar-refractivity contribution in [3.8, 4) is 23.0 Å². The van der Waals surface area contributed by atoms with Gasteiger partial charge < -0.3 is 42.8 Å². The number of fused-ring (bicyclic) bond motifs is 2. The Labute approximate surface area is 304 Å². The second-order valence-corrected chi connectivity index (χ2v) is 16.0. The molecule has 3 saturated heterocycles. The zero-order valence-corrected chi connectivity index (χ0v) is 30.6. The van der Waals surface area contributed by atoms with Crippen LogP contribution >= 0.6 is 0 Å². The molecule has 0 unspecified atom stereocenters. The summed E-state index contributed by atoms with van der Waals surface area (Å²) in [5.41, 5.74) is 10.2. The van der Waals surface area contributed by atoms with Gasteiger partial charge in [-0.1, -0.05) is 31.8 Å². The van der Waals surface area contributed by atoms with Crippen molar-refractivity contribution in [3.05, 3.63) is 21.6 Å². The molecule has 5 spiro atoms. The first-order chi connectivity index (χ1) is 25.2. The molecule has 1 aromatic carbocycles. The van der Waals surface area contributed by atoms with E-state index in [9.17, 15) is 9.59 Å². The fourth-order valence-electron chi connectivity index (χ4n) is 8.80. The lowest BCUT2D eigenvalue weighted by molar-refractivity contribution is -0.381. The van der Waals surface area contributed by atoms with Crippen molar-refractivity contribution < 1.29 is 47.5 Å². The van der Waals surface area contributed by atoms with E-state index in [4.69, 9.17) is 43.4 Å². The Balaban J connectivity index is 0.918. The van der Waals surface area contributed by atoms with Crippen molar-refractivity contribution in [1.29, 1.82) is 0 Å². The van der Waals surface area contributed by atoms with Gasteiger partial charge in [0.15, 0.2) is 34.6 Å². The van der Waals surface area contributed by atoms with E-state index in [1.165, 1.54) is 0 Å². The first-order valence-corrected chi connectivity index (χ1v) is 19.5. The highest BCUT2D eigenvalue weighted by molar-refractivity contribution is 5.80. The van der Waals surface area contributed by atoms with Crippen molar-refractivity contribution in [3.63, 3.8) is 0 Å². The Kier molecular flexibility index (Phi) is 9.51. The molecule has 2 saturated carbocycles. The van der Waals surface area contributed by atoms with E-state index >= 15 is 0 Å². The number of nitrogens with zero attached hydrogens (tertiary/aromatic N) is 4. The van der Waals surface area contributed by atoms with Crippen LogP contribution in [0.5, 0.6) is 23.0 Å². The monoisotopic (exact) mass is 724 g/mol. The first-order valence-electron chi connectivity index (χ1n) is 19.5. The molecule has 14 heteroatoms. The van der Waals surface area contributed by atoms with Gasteiger partial charge in [0.25, 0.3) is 11.6 Å². The fourth-order valence-corrected chi connectivity index (χ4v) is 8.80. The van der Waals surface area contributed by atoms with Crippen LogP contribution in [0.15, 0.2) is 5.11 Å². The average Bonchev–Trinajstić information content (AvgIpc) is 3.73. The molecule has 8 rings (SSSR count). The highest BCUT2D eigenvalue weighted by Gasteiger charge is 2.58. The molecule has 52 heavy (non-hydrogen) atoms. The van der Waals surface area contributed by atoms with Crippen LogP contribution in [0.1, 0.15) is 115 Å². The lowest BCUT2D eigenvalue weighted by Gasteiger charge is -2.53. The van der Waals surface area contributed by atoms with Gasteiger partial charge >= 0.3 is 0 Å². The number of hydrogen-bond donors (Lipinski definition) is 0. The molecule has 0 N–H and O–H groups in total. The Morgan fingerprint density at radius 3 is 1.54 bits per heavy atom. The van der Waals surface area contributed by atoms with Gasteiger partial charge in [-0.15, -0.1) is 0 Å². The second kappa shape index (κ2) is 13.8. The van der Waals surface area contributed by atoms with Crippen molar-refractivity contribution in [2.45, 2.75) is 140 Å². The molecule has 7 aliphatic rings. The van der Waals surface area contributed by atoms with Crippen LogP contribution in [0, 0.1) is 5.41 Å². The van der Waals surface area contributed by atoms with Gasteiger partial charge in [-0.2, -0.15) is 0 Å². The molecule has 0 aromatic heterocycles. The highest BCUT2D eigenvalue weighted by atomic mass is 16.8. The Morgan fingerprint density at radius 2 is 1.10 bits per heavy atom. The van der Waals surface area contributed by atoms with Gasteiger partial charge in [0, 0.05) is 93.3 Å². The molecule has 5 fully saturated rings. The summed E-state index contributed by atoms with van der Waals surface area (Å²) < 4.78 is 53.3. The second-order valence-electron chi connectivity index (χ2n) is 16.0. The molecule has 284 valence electrons. The fraction of sp³-hybridized carbons (Fsp3) is 0.789. The number of unbranched alkanes of at least 4 members (excludes halogenated alkanes) is 2. The molecule has 2 aliphatic carbocycles. The quantitative estimate of drug-likeness (QED) is 0.166. The number of Topliss-reactive ketones (excluding diaryl/α,β-unsaturated/α-hetero) is 1. The van der Waals surface area contributed by atoms with Gasteiger partial charge in [0.05, 0.1) is 31.8 Å². The van der Waals surface area contributed by atoms with E-state index in [0.717, 1.165) is 72.6 Å². The number of piperidine rings is 1. The van der Waals surface area contributed by atoms with Gasteiger partial charge in [-0.05, 0) is 31.2 Å². The Morgan fingerprint density at radius 1 is 0.673 bits per heavy atom. The molecular weight excluding hydrogens is 672 g/mol. The minimum atomic E-state index is -0.817. The van der Waals surface area contributed by atoms with Crippen LogP contribution in [-0.4, -0.2) is 85.8 Å². The summed E-state index contributed by atoms with van der Waals surface area (Å²) in [5.74, 6) is 0.181. The molecule has 5 aliphatic heterocycles. The predicted molar refractivity (Wildman–Crippen MR) is 185 cm³/mol. The molecule has 1 amide bonds. The smallest absolute Gasteiger partial charge is 0.252 e. The van der Waals surface area contributed by atoms with Crippen LogP contribution in [-0.2, 0) is 41.4 Å². The molecular formula is C38H52N4O10. The largest absolute Gasteiger partial charge is 0.448 e. The van der Waals surface area contributed by atoms with Crippen molar-refractivity contribution >= 4 is 11.7 Å². The summed E-state index contributed by atoms with van der Waals surface area (Å²) in [5, 5.41) is 3.40. The zero-order valence-electron chi connectivity index (χ0n) is 30.6. The summed E-state index contributed by atoms with van der Waals surface area (Å²) in [6, 6.07) is 0. The number of hydrogen-bond acceptors (Lipinski definition) is 11. The molecule has 5 heterocycles. The first kappa shape index (κ1) is 35.7. The third-order valence-electron chi connectivity index (χ3n) is 12.3. The van der Waals surface area contributed by atoms with Crippen LogP contribution in [0.3, 0.4) is 0 Å². The summed E-state index contributed by atoms with van der Waals surface area (Å²) >= 11 is 0. The average molecular weight is 725 g/mol. The summed E-state index contributed by atoms with van der Waals surface area (Å²) in [6.45, 7) is 7.01. The SMILES string of the molecule is CCCCc1c2c(c(CCCC)c3c1OC1(CCC4(CC1)OCC1(COC5(CCN(C(=O)CN=[N+]=[N-])CC5)OC1)CO4)O3)OC1(CCC(=O)CC1)O2. The number of benzene rings is 1. The van der Waals surface area contributed by atoms with E-state index < -0.39 is 28.6 Å². The number of azide groups is 1. The van der Waals surface area contributed by atoms with E-state index in [0.29, 0.717) is 104 Å². The molecule has 0 bridgehead atoms. The third kappa shape index (κ3) is 6.48. The van der Waals surface area contributed by atoms with Crippen LogP contribution in [0.25, 0.3) is 10.4 Å². The topological polar surface area (TPSA) is 160 Å².